The van der Waals surface area contributed by atoms with Crippen LogP contribution in [0.3, 0.4) is 0 Å². The first kappa shape index (κ1) is 27.9. The topological polar surface area (TPSA) is 16.4 Å². The summed E-state index contributed by atoms with van der Waals surface area (Å²) in [7, 11) is 0. The average molecular weight is 644 g/mol. The van der Waals surface area contributed by atoms with Crippen molar-refractivity contribution in [2.75, 3.05) is 4.90 Å². The summed E-state index contributed by atoms with van der Waals surface area (Å²) in [5, 5.41) is 7.26. The van der Waals surface area contributed by atoms with Crippen LogP contribution in [-0.4, -0.2) is 0 Å². The fraction of sp³-hybridized carbons (Fsp3) is 0. The van der Waals surface area contributed by atoms with Crippen LogP contribution in [0.4, 0.5) is 17.1 Å². The zero-order valence-corrected chi connectivity index (χ0v) is 27.3. The molecule has 2 heterocycles. The molecule has 0 fully saturated rings. The Morgan fingerprint density at radius 3 is 1.96 bits per heavy atom. The second-order valence-corrected chi connectivity index (χ2v) is 13.5. The van der Waals surface area contributed by atoms with Crippen LogP contribution in [-0.2, 0) is 0 Å². The van der Waals surface area contributed by atoms with E-state index in [1.807, 2.05) is 23.5 Å². The van der Waals surface area contributed by atoms with Crippen molar-refractivity contribution in [3.63, 3.8) is 0 Å². The molecule has 2 aromatic heterocycles. The van der Waals surface area contributed by atoms with Crippen LogP contribution in [0.1, 0.15) is 0 Å². The van der Waals surface area contributed by atoms with E-state index >= 15 is 0 Å². The summed E-state index contributed by atoms with van der Waals surface area (Å²) in [5.74, 6) is 0. The van der Waals surface area contributed by atoms with Crippen molar-refractivity contribution in [2.24, 2.45) is 0 Å². The van der Waals surface area contributed by atoms with Crippen LogP contribution in [0.25, 0.3) is 75.1 Å². The van der Waals surface area contributed by atoms with Gasteiger partial charge in [0.1, 0.15) is 11.2 Å². The third kappa shape index (κ3) is 4.47. The van der Waals surface area contributed by atoms with Crippen molar-refractivity contribution >= 4 is 81.3 Å². The molecule has 3 heteroatoms. The van der Waals surface area contributed by atoms with Gasteiger partial charge in [-0.2, -0.15) is 0 Å². The Kier molecular flexibility index (Phi) is 6.39. The third-order valence-corrected chi connectivity index (χ3v) is 10.9. The third-order valence-electron chi connectivity index (χ3n) is 9.68. The number of fused-ring (bicyclic) bond motifs is 7. The van der Waals surface area contributed by atoms with Gasteiger partial charge in [0.25, 0.3) is 0 Å². The SMILES string of the molecule is c1ccc(-c2ccc(N(c3ccc(-c4cccc5oc6ccccc6c45)cc3)c3cccc4ccccc34)c3c2sc2ccccc23)cc1. The Bertz CT molecular complexity index is 2820. The molecule has 0 unspecified atom stereocenters. The minimum atomic E-state index is 0.908. The van der Waals surface area contributed by atoms with Crippen LogP contribution in [0.15, 0.2) is 180 Å². The highest BCUT2D eigenvalue weighted by Crippen LogP contribution is 2.49. The van der Waals surface area contributed by atoms with Gasteiger partial charge in [0.15, 0.2) is 0 Å². The first-order valence-corrected chi connectivity index (χ1v) is 17.4. The molecule has 0 saturated carbocycles. The minimum absolute atomic E-state index is 0.908. The Balaban J connectivity index is 1.22. The molecule has 0 aliphatic heterocycles. The van der Waals surface area contributed by atoms with Crippen molar-refractivity contribution in [1.82, 2.24) is 0 Å². The number of anilines is 3. The summed E-state index contributed by atoms with van der Waals surface area (Å²) in [4.78, 5) is 2.45. The molecule has 8 aromatic carbocycles. The Morgan fingerprint density at radius 2 is 1.08 bits per heavy atom. The first-order chi connectivity index (χ1) is 24.3. The quantitative estimate of drug-likeness (QED) is 0.186. The van der Waals surface area contributed by atoms with Crippen LogP contribution < -0.4 is 4.90 Å². The van der Waals surface area contributed by atoms with Gasteiger partial charge < -0.3 is 9.32 Å². The second-order valence-electron chi connectivity index (χ2n) is 12.5. The summed E-state index contributed by atoms with van der Waals surface area (Å²) in [6.45, 7) is 0. The summed E-state index contributed by atoms with van der Waals surface area (Å²) >= 11 is 1.88. The van der Waals surface area contributed by atoms with Gasteiger partial charge in [0, 0.05) is 42.0 Å². The van der Waals surface area contributed by atoms with Crippen LogP contribution >= 0.6 is 11.3 Å². The molecule has 0 radical (unpaired) electrons. The molecule has 10 aromatic rings. The van der Waals surface area contributed by atoms with Gasteiger partial charge >= 0.3 is 0 Å². The van der Waals surface area contributed by atoms with Crippen molar-refractivity contribution < 1.29 is 4.42 Å². The summed E-state index contributed by atoms with van der Waals surface area (Å²) in [6.07, 6.45) is 0. The molecule has 0 saturated heterocycles. The molecule has 0 spiro atoms. The van der Waals surface area contributed by atoms with E-state index in [1.54, 1.807) is 0 Å². The maximum absolute atomic E-state index is 6.24. The van der Waals surface area contributed by atoms with Crippen LogP contribution in [0.5, 0.6) is 0 Å². The molecule has 0 atom stereocenters. The average Bonchev–Trinajstić information content (AvgIpc) is 3.75. The molecule has 0 aliphatic carbocycles. The van der Waals surface area contributed by atoms with Crippen molar-refractivity contribution in [3.05, 3.63) is 176 Å². The van der Waals surface area contributed by atoms with E-state index in [4.69, 9.17) is 4.42 Å². The number of hydrogen-bond donors (Lipinski definition) is 0. The molecule has 0 aliphatic rings. The lowest BCUT2D eigenvalue weighted by Gasteiger charge is -2.28. The van der Waals surface area contributed by atoms with Gasteiger partial charge in [-0.05, 0) is 70.1 Å². The van der Waals surface area contributed by atoms with Gasteiger partial charge in [-0.1, -0.05) is 133 Å². The highest BCUT2D eigenvalue weighted by Gasteiger charge is 2.22. The summed E-state index contributed by atoms with van der Waals surface area (Å²) in [5.41, 5.74) is 10.1. The van der Waals surface area contributed by atoms with E-state index in [0.717, 1.165) is 38.9 Å². The number of thiophene rings is 1. The Morgan fingerprint density at radius 1 is 0.408 bits per heavy atom. The largest absolute Gasteiger partial charge is 0.456 e. The van der Waals surface area contributed by atoms with E-state index in [9.17, 15) is 0 Å². The predicted molar refractivity (Wildman–Crippen MR) is 210 cm³/mol. The lowest BCUT2D eigenvalue weighted by atomic mass is 9.98. The molecule has 230 valence electrons. The van der Waals surface area contributed by atoms with Crippen LogP contribution in [0, 0.1) is 0 Å². The minimum Gasteiger partial charge on any atom is -0.456 e. The molecule has 49 heavy (non-hydrogen) atoms. The normalized spacial score (nSPS) is 11.7. The fourth-order valence-corrected chi connectivity index (χ4v) is 8.72. The highest BCUT2D eigenvalue weighted by atomic mass is 32.1. The molecule has 10 rings (SSSR count). The van der Waals surface area contributed by atoms with Crippen molar-refractivity contribution in [3.8, 4) is 22.3 Å². The maximum atomic E-state index is 6.24. The van der Waals surface area contributed by atoms with E-state index < -0.39 is 0 Å². The molecule has 0 amide bonds. The first-order valence-electron chi connectivity index (χ1n) is 16.6. The Labute approximate surface area is 287 Å². The van der Waals surface area contributed by atoms with Gasteiger partial charge in [0.05, 0.1) is 11.4 Å². The number of furan rings is 1. The zero-order valence-electron chi connectivity index (χ0n) is 26.5. The lowest BCUT2D eigenvalue weighted by molar-refractivity contribution is 0.669. The molecule has 0 N–H and O–H groups in total. The van der Waals surface area contributed by atoms with Gasteiger partial charge in [0.2, 0.25) is 0 Å². The van der Waals surface area contributed by atoms with Crippen molar-refractivity contribution in [1.29, 1.82) is 0 Å². The van der Waals surface area contributed by atoms with Crippen molar-refractivity contribution in [2.45, 2.75) is 0 Å². The molecule has 2 nitrogen and oxygen atoms in total. The fourth-order valence-electron chi connectivity index (χ4n) is 7.46. The van der Waals surface area contributed by atoms with E-state index in [1.165, 1.54) is 53.3 Å². The van der Waals surface area contributed by atoms with E-state index in [2.05, 4.69) is 169 Å². The monoisotopic (exact) mass is 643 g/mol. The lowest BCUT2D eigenvalue weighted by Crippen LogP contribution is -2.11. The van der Waals surface area contributed by atoms with Crippen LogP contribution in [0.2, 0.25) is 0 Å². The number of nitrogens with zero attached hydrogens (tertiary/aromatic N) is 1. The second kappa shape index (κ2) is 11.2. The van der Waals surface area contributed by atoms with E-state index in [-0.39, 0.29) is 0 Å². The van der Waals surface area contributed by atoms with Gasteiger partial charge in [-0.15, -0.1) is 11.3 Å². The molecular formula is C46H29NOS. The molecule has 0 bridgehead atoms. The number of rotatable bonds is 5. The van der Waals surface area contributed by atoms with Gasteiger partial charge in [-0.3, -0.25) is 0 Å². The molecular weight excluding hydrogens is 615 g/mol. The number of para-hydroxylation sites is 1. The summed E-state index contributed by atoms with van der Waals surface area (Å²) < 4.78 is 8.82. The van der Waals surface area contributed by atoms with E-state index in [0.29, 0.717) is 0 Å². The standard InChI is InChI=1S/C46H29NOS/c1-2-12-31(13-3-1)36-28-29-40(45-38-18-7-9-23-43(38)49-46(36)45)47(39-20-10-15-30-14-4-5-16-34(30)39)33-26-24-32(25-27-33)35-19-11-22-42-44(35)37-17-6-8-21-41(37)48-42/h1-29H. The number of benzene rings is 8. The predicted octanol–water partition coefficient (Wildman–Crippen LogP) is 13.9. The highest BCUT2D eigenvalue weighted by molar-refractivity contribution is 7.26. The maximum Gasteiger partial charge on any atom is 0.136 e. The zero-order chi connectivity index (χ0) is 32.3. The smallest absolute Gasteiger partial charge is 0.136 e. The van der Waals surface area contributed by atoms with Gasteiger partial charge in [-0.25, -0.2) is 0 Å². The number of hydrogen-bond acceptors (Lipinski definition) is 3. The summed E-state index contributed by atoms with van der Waals surface area (Å²) in [6, 6.07) is 63.2. The Hall–Kier alpha value is -6.16.